The summed E-state index contributed by atoms with van der Waals surface area (Å²) >= 11 is 1.29. The Morgan fingerprint density at radius 3 is 2.29 bits per heavy atom. The number of nitrogen functional groups attached to an aromatic ring is 1. The Labute approximate surface area is 127 Å². The van der Waals surface area contributed by atoms with Crippen LogP contribution in [-0.4, -0.2) is 26.8 Å². The maximum absolute atomic E-state index is 12.9. The van der Waals surface area contributed by atoms with Crippen molar-refractivity contribution in [3.63, 3.8) is 0 Å². The molecule has 112 valence electrons. The molecule has 0 atom stereocenters. The number of nitrogens with two attached hydrogens (primary N) is 1. The van der Waals surface area contributed by atoms with Gasteiger partial charge in [-0.1, -0.05) is 17.8 Å². The Bertz CT molecular complexity index is 744. The molecule has 0 spiro atoms. The minimum atomic E-state index is -3.59. The second-order valence-electron chi connectivity index (χ2n) is 4.51. The number of benzene rings is 2. The summed E-state index contributed by atoms with van der Waals surface area (Å²) in [5.74, 6) is -0.323. The van der Waals surface area contributed by atoms with Crippen LogP contribution in [0.5, 0.6) is 0 Å². The molecule has 0 fully saturated rings. The molecule has 2 N–H and O–H groups in total. The van der Waals surface area contributed by atoms with Gasteiger partial charge in [0.1, 0.15) is 10.7 Å². The highest BCUT2D eigenvalue weighted by Gasteiger charge is 2.21. The quantitative estimate of drug-likeness (QED) is 0.878. The van der Waals surface area contributed by atoms with E-state index in [1.54, 1.807) is 24.3 Å². The molecule has 0 saturated carbocycles. The first-order valence-electron chi connectivity index (χ1n) is 6.07. The van der Waals surface area contributed by atoms with Gasteiger partial charge >= 0.3 is 0 Å². The first-order valence-corrected chi connectivity index (χ1v) is 8.32. The van der Waals surface area contributed by atoms with Crippen molar-refractivity contribution in [2.75, 3.05) is 19.8 Å². The van der Waals surface area contributed by atoms with Crippen molar-refractivity contribution in [3.05, 3.63) is 48.3 Å². The molecule has 21 heavy (non-hydrogen) atoms. The molecule has 0 aliphatic carbocycles. The molecule has 0 saturated heterocycles. The Balaban J connectivity index is 2.41. The van der Waals surface area contributed by atoms with E-state index >= 15 is 0 Å². The van der Waals surface area contributed by atoms with E-state index in [2.05, 4.69) is 0 Å². The summed E-state index contributed by atoms with van der Waals surface area (Å²) in [5.41, 5.74) is 6.18. The van der Waals surface area contributed by atoms with E-state index in [4.69, 9.17) is 5.73 Å². The lowest BCUT2D eigenvalue weighted by molar-refractivity contribution is 0.521. The zero-order valence-electron chi connectivity index (χ0n) is 11.6. The Hall–Kier alpha value is -1.57. The summed E-state index contributed by atoms with van der Waals surface area (Å²) in [6.45, 7) is 0. The van der Waals surface area contributed by atoms with Crippen LogP contribution in [0.3, 0.4) is 0 Å². The van der Waals surface area contributed by atoms with Crippen LogP contribution in [0.15, 0.2) is 57.2 Å². The van der Waals surface area contributed by atoms with Gasteiger partial charge in [-0.15, -0.1) is 0 Å². The highest BCUT2D eigenvalue weighted by atomic mass is 32.2. The third-order valence-electron chi connectivity index (χ3n) is 2.83. The molecule has 2 rings (SSSR count). The summed E-state index contributed by atoms with van der Waals surface area (Å²) in [5, 5.41) is 0. The lowest BCUT2D eigenvalue weighted by Gasteiger charge is -2.15. The van der Waals surface area contributed by atoms with Gasteiger partial charge in [0, 0.05) is 23.9 Å². The summed E-state index contributed by atoms with van der Waals surface area (Å²) < 4.78 is 38.4. The Morgan fingerprint density at radius 2 is 1.71 bits per heavy atom. The van der Waals surface area contributed by atoms with Crippen LogP contribution in [0, 0.1) is 5.82 Å². The van der Waals surface area contributed by atoms with Crippen molar-refractivity contribution < 1.29 is 12.8 Å². The Morgan fingerprint density at radius 1 is 1.10 bits per heavy atom. The van der Waals surface area contributed by atoms with Crippen molar-refractivity contribution >= 4 is 27.5 Å². The van der Waals surface area contributed by atoms with Crippen molar-refractivity contribution in [1.29, 1.82) is 0 Å². The van der Waals surface area contributed by atoms with Gasteiger partial charge in [0.15, 0.2) is 0 Å². The van der Waals surface area contributed by atoms with Gasteiger partial charge in [0.2, 0.25) is 10.0 Å². The summed E-state index contributed by atoms with van der Waals surface area (Å²) in [4.78, 5) is 1.46. The first kappa shape index (κ1) is 15.8. The fourth-order valence-corrected chi connectivity index (χ4v) is 3.65. The third kappa shape index (κ3) is 3.37. The molecule has 0 bridgehead atoms. The third-order valence-corrected chi connectivity index (χ3v) is 5.78. The van der Waals surface area contributed by atoms with Gasteiger partial charge in [-0.05, 0) is 36.4 Å². The summed E-state index contributed by atoms with van der Waals surface area (Å²) in [6, 6.07) is 10.8. The van der Waals surface area contributed by atoms with Crippen molar-refractivity contribution in [1.82, 2.24) is 4.31 Å². The number of hydrogen-bond acceptors (Lipinski definition) is 4. The summed E-state index contributed by atoms with van der Waals surface area (Å²) in [6.07, 6.45) is 0. The van der Waals surface area contributed by atoms with E-state index in [1.807, 2.05) is 0 Å². The molecule has 0 heterocycles. The fraction of sp³-hybridized carbons (Fsp3) is 0.143. The minimum Gasteiger partial charge on any atom is -0.397 e. The van der Waals surface area contributed by atoms with Crippen LogP contribution in [0.2, 0.25) is 0 Å². The van der Waals surface area contributed by atoms with Gasteiger partial charge in [-0.2, -0.15) is 0 Å². The monoisotopic (exact) mass is 326 g/mol. The Kier molecular flexibility index (Phi) is 4.55. The van der Waals surface area contributed by atoms with Crippen LogP contribution in [0.1, 0.15) is 0 Å². The minimum absolute atomic E-state index is 0.0691. The van der Waals surface area contributed by atoms with E-state index in [1.165, 1.54) is 44.1 Å². The molecular weight excluding hydrogens is 311 g/mol. The normalized spacial score (nSPS) is 11.8. The second kappa shape index (κ2) is 6.05. The number of anilines is 1. The first-order chi connectivity index (χ1) is 9.82. The zero-order valence-corrected chi connectivity index (χ0v) is 13.2. The number of rotatable bonds is 4. The van der Waals surface area contributed by atoms with Crippen molar-refractivity contribution in [2.24, 2.45) is 0 Å². The predicted octanol–water partition coefficient (Wildman–Crippen LogP) is 2.81. The molecule has 0 amide bonds. The second-order valence-corrected chi connectivity index (χ2v) is 7.75. The fourth-order valence-electron chi connectivity index (χ4n) is 1.66. The average Bonchev–Trinajstić information content (AvgIpc) is 2.43. The van der Waals surface area contributed by atoms with E-state index in [9.17, 15) is 12.8 Å². The molecule has 0 aromatic heterocycles. The zero-order chi connectivity index (χ0) is 15.6. The van der Waals surface area contributed by atoms with Crippen LogP contribution in [0.25, 0.3) is 0 Å². The molecular formula is C14H15FN2O2S2. The van der Waals surface area contributed by atoms with E-state index in [0.29, 0.717) is 4.90 Å². The van der Waals surface area contributed by atoms with Gasteiger partial charge < -0.3 is 5.73 Å². The standard InChI is InChI=1S/C14H15FN2O2S2/c1-17(2)21(18,19)13-5-3-4-12(14(13)16)20-11-8-6-10(15)7-9-11/h3-9H,16H2,1-2H3. The molecule has 2 aromatic carbocycles. The van der Waals surface area contributed by atoms with Gasteiger partial charge in [-0.25, -0.2) is 17.1 Å². The van der Waals surface area contributed by atoms with Gasteiger partial charge in [0.05, 0.1) is 5.69 Å². The summed E-state index contributed by atoms with van der Waals surface area (Å²) in [7, 11) is -0.688. The van der Waals surface area contributed by atoms with Gasteiger partial charge in [0.25, 0.3) is 0 Å². The van der Waals surface area contributed by atoms with Crippen molar-refractivity contribution in [2.45, 2.75) is 14.7 Å². The largest absolute Gasteiger partial charge is 0.397 e. The lowest BCUT2D eigenvalue weighted by atomic mass is 10.3. The topological polar surface area (TPSA) is 63.4 Å². The molecule has 2 aromatic rings. The maximum atomic E-state index is 12.9. The van der Waals surface area contributed by atoms with E-state index in [0.717, 1.165) is 9.20 Å². The molecule has 0 unspecified atom stereocenters. The number of nitrogens with zero attached hydrogens (tertiary/aromatic N) is 1. The highest BCUT2D eigenvalue weighted by Crippen LogP contribution is 2.35. The molecule has 4 nitrogen and oxygen atoms in total. The molecule has 7 heteroatoms. The predicted molar refractivity (Wildman–Crippen MR) is 82.3 cm³/mol. The van der Waals surface area contributed by atoms with Crippen LogP contribution < -0.4 is 5.73 Å². The van der Waals surface area contributed by atoms with Crippen LogP contribution in [-0.2, 0) is 10.0 Å². The molecule has 0 aliphatic rings. The number of halogens is 1. The smallest absolute Gasteiger partial charge is 0.244 e. The number of para-hydroxylation sites is 1. The van der Waals surface area contributed by atoms with E-state index in [-0.39, 0.29) is 16.4 Å². The van der Waals surface area contributed by atoms with Crippen LogP contribution >= 0.6 is 11.8 Å². The molecule has 0 aliphatic heterocycles. The van der Waals surface area contributed by atoms with E-state index < -0.39 is 10.0 Å². The average molecular weight is 326 g/mol. The number of hydrogen-bond donors (Lipinski definition) is 1. The number of sulfonamides is 1. The van der Waals surface area contributed by atoms with Crippen molar-refractivity contribution in [3.8, 4) is 0 Å². The van der Waals surface area contributed by atoms with Gasteiger partial charge in [-0.3, -0.25) is 0 Å². The van der Waals surface area contributed by atoms with Crippen LogP contribution in [0.4, 0.5) is 10.1 Å². The lowest BCUT2D eigenvalue weighted by Crippen LogP contribution is -2.23. The molecule has 0 radical (unpaired) electrons. The highest BCUT2D eigenvalue weighted by molar-refractivity contribution is 7.99. The maximum Gasteiger partial charge on any atom is 0.244 e. The SMILES string of the molecule is CN(C)S(=O)(=O)c1cccc(Sc2ccc(F)cc2)c1N.